The van der Waals surface area contributed by atoms with Crippen LogP contribution >= 0.6 is 0 Å². The van der Waals surface area contributed by atoms with Crippen LogP contribution in [0.3, 0.4) is 0 Å². The summed E-state index contributed by atoms with van der Waals surface area (Å²) in [6.45, 7) is 6.71. The SMILES string of the molecule is CCCCCCCCCC/C=C\CCCCCCCCCCCCCCCCCC(=O)OCC(COC(=O)CCCCCCCCCCC)OC(=O)CCCCCCCCCCCCCCCCCCCCCCCCC. The molecule has 0 saturated carbocycles. The predicted molar refractivity (Wildman–Crippen MR) is 335 cm³/mol. The van der Waals surface area contributed by atoms with Crippen molar-refractivity contribution < 1.29 is 28.6 Å². The minimum atomic E-state index is -0.764. The van der Waals surface area contributed by atoms with Crippen LogP contribution in [0.4, 0.5) is 0 Å². The first-order chi connectivity index (χ1) is 38.0. The lowest BCUT2D eigenvalue weighted by Gasteiger charge is -2.18. The average Bonchev–Trinajstić information content (AvgIpc) is 3.43. The van der Waals surface area contributed by atoms with Gasteiger partial charge in [-0.2, -0.15) is 0 Å². The highest BCUT2D eigenvalue weighted by Gasteiger charge is 2.19. The minimum Gasteiger partial charge on any atom is -0.462 e. The molecule has 0 rings (SSSR count). The molecule has 6 nitrogen and oxygen atoms in total. The van der Waals surface area contributed by atoms with Crippen LogP contribution in [-0.2, 0) is 28.6 Å². The predicted octanol–water partition coefficient (Wildman–Crippen LogP) is 24.0. The molecule has 1 atom stereocenters. The lowest BCUT2D eigenvalue weighted by Crippen LogP contribution is -2.30. The van der Waals surface area contributed by atoms with Gasteiger partial charge in [-0.05, 0) is 44.9 Å². The van der Waals surface area contributed by atoms with E-state index in [0.717, 1.165) is 57.8 Å². The molecule has 0 spiro atoms. The summed E-state index contributed by atoms with van der Waals surface area (Å²) < 4.78 is 16.9. The molecule has 456 valence electrons. The Bertz CT molecular complexity index is 1200. The zero-order valence-corrected chi connectivity index (χ0v) is 52.5. The van der Waals surface area contributed by atoms with Crippen molar-refractivity contribution in [3.63, 3.8) is 0 Å². The van der Waals surface area contributed by atoms with Gasteiger partial charge in [0.25, 0.3) is 0 Å². The minimum absolute atomic E-state index is 0.0629. The first kappa shape index (κ1) is 75.2. The molecule has 0 aliphatic heterocycles. The molecular weight excluding hydrogens is 949 g/mol. The highest BCUT2D eigenvalue weighted by molar-refractivity contribution is 5.71. The first-order valence-electron chi connectivity index (χ1n) is 35.2. The van der Waals surface area contributed by atoms with E-state index < -0.39 is 6.10 Å². The molecule has 0 fully saturated rings. The number of hydrogen-bond donors (Lipinski definition) is 0. The van der Waals surface area contributed by atoms with E-state index in [0.29, 0.717) is 19.3 Å². The zero-order valence-electron chi connectivity index (χ0n) is 52.5. The summed E-state index contributed by atoms with van der Waals surface area (Å²) in [6, 6.07) is 0. The third-order valence-corrected chi connectivity index (χ3v) is 16.3. The maximum atomic E-state index is 12.9. The Labute approximate surface area is 481 Å². The summed E-state index contributed by atoms with van der Waals surface area (Å²) in [5.41, 5.74) is 0. The largest absolute Gasteiger partial charge is 0.462 e. The van der Waals surface area contributed by atoms with Crippen LogP contribution in [0, 0.1) is 0 Å². The summed E-state index contributed by atoms with van der Waals surface area (Å²) in [5, 5.41) is 0. The molecule has 0 aromatic rings. The summed E-state index contributed by atoms with van der Waals surface area (Å²) in [7, 11) is 0. The van der Waals surface area contributed by atoms with E-state index in [-0.39, 0.29) is 31.1 Å². The second-order valence-electron chi connectivity index (χ2n) is 24.2. The van der Waals surface area contributed by atoms with Gasteiger partial charge in [0.05, 0.1) is 0 Å². The van der Waals surface area contributed by atoms with E-state index in [1.54, 1.807) is 0 Å². The molecule has 0 saturated heterocycles. The van der Waals surface area contributed by atoms with Crippen molar-refractivity contribution in [2.75, 3.05) is 13.2 Å². The van der Waals surface area contributed by atoms with Crippen molar-refractivity contribution in [3.8, 4) is 0 Å². The molecule has 0 heterocycles. The fraction of sp³-hybridized carbons (Fsp3) is 0.930. The Kier molecular flexibility index (Phi) is 65.1. The van der Waals surface area contributed by atoms with Crippen molar-refractivity contribution in [1.29, 1.82) is 0 Å². The third kappa shape index (κ3) is 64.9. The number of ether oxygens (including phenoxy) is 3. The van der Waals surface area contributed by atoms with Crippen LogP contribution in [0.15, 0.2) is 12.2 Å². The Hall–Kier alpha value is -1.85. The number of unbranched alkanes of at least 4 members (excludes halogenated alkanes) is 53. The number of carbonyl (C=O) groups excluding carboxylic acids is 3. The van der Waals surface area contributed by atoms with Gasteiger partial charge in [0.15, 0.2) is 6.10 Å². The molecule has 0 bridgehead atoms. The topological polar surface area (TPSA) is 78.9 Å². The van der Waals surface area contributed by atoms with Gasteiger partial charge in [0, 0.05) is 19.3 Å². The maximum absolute atomic E-state index is 12.9. The molecule has 0 radical (unpaired) electrons. The van der Waals surface area contributed by atoms with E-state index in [9.17, 15) is 14.4 Å². The monoisotopic (exact) mass is 1090 g/mol. The van der Waals surface area contributed by atoms with E-state index in [2.05, 4.69) is 32.9 Å². The van der Waals surface area contributed by atoms with Crippen LogP contribution in [-0.4, -0.2) is 37.2 Å². The Balaban J connectivity index is 4.08. The average molecular weight is 1090 g/mol. The van der Waals surface area contributed by atoms with Gasteiger partial charge < -0.3 is 14.2 Å². The number of esters is 3. The quantitative estimate of drug-likeness (QED) is 0.0261. The van der Waals surface area contributed by atoms with Crippen molar-refractivity contribution in [1.82, 2.24) is 0 Å². The van der Waals surface area contributed by atoms with Crippen LogP contribution in [0.25, 0.3) is 0 Å². The normalized spacial score (nSPS) is 12.0. The lowest BCUT2D eigenvalue weighted by atomic mass is 10.0. The fourth-order valence-corrected chi connectivity index (χ4v) is 11.0. The molecular formula is C71H136O6. The summed E-state index contributed by atoms with van der Waals surface area (Å²) in [4.78, 5) is 38.3. The van der Waals surface area contributed by atoms with E-state index in [1.165, 1.54) is 308 Å². The van der Waals surface area contributed by atoms with Gasteiger partial charge in [-0.1, -0.05) is 354 Å². The standard InChI is InChI=1S/C71H136O6/c1-4-7-10-13-16-19-21-23-25-27-29-31-33-34-35-36-38-39-41-43-45-47-49-52-55-58-61-64-70(73)76-67-68(66-75-69(72)63-60-57-54-51-18-15-12-9-6-3)77-71(74)65-62-59-56-53-50-48-46-44-42-40-37-32-30-28-26-24-22-20-17-14-11-8-5-2/h27,29,68H,4-26,28,30-67H2,1-3H3/b29-27-. The number of allylic oxidation sites excluding steroid dienone is 2. The van der Waals surface area contributed by atoms with Gasteiger partial charge in [-0.15, -0.1) is 0 Å². The molecule has 0 amide bonds. The molecule has 0 N–H and O–H groups in total. The third-order valence-electron chi connectivity index (χ3n) is 16.3. The van der Waals surface area contributed by atoms with Gasteiger partial charge in [-0.25, -0.2) is 0 Å². The van der Waals surface area contributed by atoms with Crippen molar-refractivity contribution >= 4 is 17.9 Å². The zero-order chi connectivity index (χ0) is 55.7. The molecule has 0 aliphatic rings. The second kappa shape index (κ2) is 66.7. The molecule has 6 heteroatoms. The Morgan fingerprint density at radius 2 is 0.429 bits per heavy atom. The van der Waals surface area contributed by atoms with Crippen molar-refractivity contribution in [2.24, 2.45) is 0 Å². The summed E-state index contributed by atoms with van der Waals surface area (Å²) in [6.07, 6.45) is 79.7. The Morgan fingerprint density at radius 3 is 0.649 bits per heavy atom. The Morgan fingerprint density at radius 1 is 0.247 bits per heavy atom. The molecule has 0 aromatic carbocycles. The van der Waals surface area contributed by atoms with Gasteiger partial charge in [0.2, 0.25) is 0 Å². The highest BCUT2D eigenvalue weighted by atomic mass is 16.6. The molecule has 1 unspecified atom stereocenters. The maximum Gasteiger partial charge on any atom is 0.306 e. The van der Waals surface area contributed by atoms with E-state index in [4.69, 9.17) is 14.2 Å². The van der Waals surface area contributed by atoms with Crippen molar-refractivity contribution in [3.05, 3.63) is 12.2 Å². The van der Waals surface area contributed by atoms with Crippen LogP contribution in [0.5, 0.6) is 0 Å². The van der Waals surface area contributed by atoms with Crippen LogP contribution < -0.4 is 0 Å². The summed E-state index contributed by atoms with van der Waals surface area (Å²) >= 11 is 0. The van der Waals surface area contributed by atoms with Gasteiger partial charge in [-0.3, -0.25) is 14.4 Å². The summed E-state index contributed by atoms with van der Waals surface area (Å²) in [5.74, 6) is -0.832. The number of rotatable bonds is 66. The lowest BCUT2D eigenvalue weighted by molar-refractivity contribution is -0.167. The fourth-order valence-electron chi connectivity index (χ4n) is 11.0. The van der Waals surface area contributed by atoms with Gasteiger partial charge in [0.1, 0.15) is 13.2 Å². The molecule has 0 aromatic heterocycles. The van der Waals surface area contributed by atoms with E-state index in [1.807, 2.05) is 0 Å². The van der Waals surface area contributed by atoms with E-state index >= 15 is 0 Å². The smallest absolute Gasteiger partial charge is 0.306 e. The first-order valence-corrected chi connectivity index (χ1v) is 35.2. The van der Waals surface area contributed by atoms with Crippen LogP contribution in [0.1, 0.15) is 406 Å². The molecule has 0 aliphatic carbocycles. The highest BCUT2D eigenvalue weighted by Crippen LogP contribution is 2.19. The number of hydrogen-bond acceptors (Lipinski definition) is 6. The second-order valence-corrected chi connectivity index (χ2v) is 24.2. The molecule has 77 heavy (non-hydrogen) atoms. The van der Waals surface area contributed by atoms with Gasteiger partial charge >= 0.3 is 17.9 Å². The van der Waals surface area contributed by atoms with Crippen molar-refractivity contribution in [2.45, 2.75) is 412 Å². The number of carbonyl (C=O) groups is 3. The van der Waals surface area contributed by atoms with Crippen LogP contribution in [0.2, 0.25) is 0 Å².